The van der Waals surface area contributed by atoms with Gasteiger partial charge in [-0.05, 0) is 44.2 Å². The molecule has 1 fully saturated rings. The van der Waals surface area contributed by atoms with Gasteiger partial charge in [-0.15, -0.1) is 0 Å². The Balaban J connectivity index is 2.04. The number of nitrogens with zero attached hydrogens (tertiary/aromatic N) is 2. The van der Waals surface area contributed by atoms with Crippen molar-refractivity contribution in [2.75, 3.05) is 26.3 Å². The third kappa shape index (κ3) is 3.53. The number of pyridine rings is 1. The number of aryl methyl sites for hydroxylation is 1. The lowest BCUT2D eigenvalue weighted by molar-refractivity contribution is 0.0466. The fourth-order valence-corrected chi connectivity index (χ4v) is 2.45. The Morgan fingerprint density at radius 3 is 2.84 bits per heavy atom. The summed E-state index contributed by atoms with van der Waals surface area (Å²) in [6.07, 6.45) is 5.50. The molecule has 0 N–H and O–H groups in total. The zero-order valence-corrected chi connectivity index (χ0v) is 11.8. The minimum atomic E-state index is 0.0968. The van der Waals surface area contributed by atoms with E-state index in [2.05, 4.69) is 4.98 Å². The van der Waals surface area contributed by atoms with Crippen LogP contribution in [0.4, 0.5) is 0 Å². The number of aromatic nitrogens is 1. The summed E-state index contributed by atoms with van der Waals surface area (Å²) in [6, 6.07) is 1.88. The van der Waals surface area contributed by atoms with Crippen LogP contribution in [0, 0.1) is 12.8 Å². The number of carbonyl (C=O) groups excluding carboxylic acids is 1. The van der Waals surface area contributed by atoms with Crippen molar-refractivity contribution in [1.82, 2.24) is 9.88 Å². The van der Waals surface area contributed by atoms with Crippen LogP contribution in [-0.4, -0.2) is 42.1 Å². The third-order valence-electron chi connectivity index (χ3n) is 3.76. The summed E-state index contributed by atoms with van der Waals surface area (Å²) in [4.78, 5) is 18.5. The number of hydrogen-bond acceptors (Lipinski definition) is 3. The molecule has 0 aliphatic carbocycles. The molecule has 1 saturated heterocycles. The van der Waals surface area contributed by atoms with E-state index >= 15 is 0 Å². The summed E-state index contributed by atoms with van der Waals surface area (Å²) in [7, 11) is 0. The second kappa shape index (κ2) is 6.66. The van der Waals surface area contributed by atoms with Crippen LogP contribution in [0.15, 0.2) is 18.5 Å². The van der Waals surface area contributed by atoms with Crippen molar-refractivity contribution < 1.29 is 9.53 Å². The van der Waals surface area contributed by atoms with Gasteiger partial charge in [0, 0.05) is 38.7 Å². The van der Waals surface area contributed by atoms with Gasteiger partial charge in [-0.2, -0.15) is 0 Å². The molecule has 0 saturated carbocycles. The zero-order valence-electron chi connectivity index (χ0n) is 11.8. The molecule has 0 aromatic carbocycles. The Bertz CT molecular complexity index is 428. The highest BCUT2D eigenvalue weighted by atomic mass is 16.5. The highest BCUT2D eigenvalue weighted by Gasteiger charge is 2.22. The molecule has 0 radical (unpaired) electrons. The maximum absolute atomic E-state index is 12.5. The largest absolute Gasteiger partial charge is 0.381 e. The Kier molecular flexibility index (Phi) is 4.91. The first-order valence-electron chi connectivity index (χ1n) is 7.00. The topological polar surface area (TPSA) is 42.4 Å². The lowest BCUT2D eigenvalue weighted by Crippen LogP contribution is -2.37. The van der Waals surface area contributed by atoms with Gasteiger partial charge in [0.05, 0.1) is 5.56 Å². The molecular formula is C15H22N2O2. The fraction of sp³-hybridized carbons (Fsp3) is 0.600. The van der Waals surface area contributed by atoms with E-state index in [1.165, 1.54) is 0 Å². The van der Waals surface area contributed by atoms with E-state index < -0.39 is 0 Å². The van der Waals surface area contributed by atoms with Gasteiger partial charge in [-0.3, -0.25) is 9.78 Å². The number of amides is 1. The number of ether oxygens (including phenoxy) is 1. The smallest absolute Gasteiger partial charge is 0.255 e. The minimum absolute atomic E-state index is 0.0968. The van der Waals surface area contributed by atoms with Crippen molar-refractivity contribution in [3.8, 4) is 0 Å². The van der Waals surface area contributed by atoms with E-state index in [1.54, 1.807) is 12.4 Å². The van der Waals surface area contributed by atoms with Crippen molar-refractivity contribution in [3.05, 3.63) is 29.6 Å². The van der Waals surface area contributed by atoms with Gasteiger partial charge < -0.3 is 9.64 Å². The lowest BCUT2D eigenvalue weighted by atomic mass is 9.99. The number of rotatable bonds is 4. The first-order valence-corrected chi connectivity index (χ1v) is 7.00. The highest BCUT2D eigenvalue weighted by molar-refractivity contribution is 5.95. The summed E-state index contributed by atoms with van der Waals surface area (Å²) < 4.78 is 5.37. The van der Waals surface area contributed by atoms with Crippen LogP contribution in [0.5, 0.6) is 0 Å². The minimum Gasteiger partial charge on any atom is -0.381 e. The van der Waals surface area contributed by atoms with Crippen LogP contribution in [0.3, 0.4) is 0 Å². The predicted molar refractivity (Wildman–Crippen MR) is 74.1 cm³/mol. The van der Waals surface area contributed by atoms with Gasteiger partial charge in [-0.25, -0.2) is 0 Å². The van der Waals surface area contributed by atoms with Gasteiger partial charge in [0.25, 0.3) is 5.91 Å². The van der Waals surface area contributed by atoms with Gasteiger partial charge in [0.15, 0.2) is 0 Å². The Morgan fingerprint density at radius 2 is 2.21 bits per heavy atom. The van der Waals surface area contributed by atoms with E-state index in [-0.39, 0.29) is 5.91 Å². The van der Waals surface area contributed by atoms with Crippen molar-refractivity contribution in [2.45, 2.75) is 26.7 Å². The van der Waals surface area contributed by atoms with E-state index in [0.717, 1.165) is 50.3 Å². The van der Waals surface area contributed by atoms with Crippen molar-refractivity contribution in [2.24, 2.45) is 5.92 Å². The van der Waals surface area contributed by atoms with Crippen LogP contribution in [0.25, 0.3) is 0 Å². The van der Waals surface area contributed by atoms with Crippen molar-refractivity contribution in [3.63, 3.8) is 0 Å². The Hall–Kier alpha value is -1.42. The van der Waals surface area contributed by atoms with Crippen LogP contribution < -0.4 is 0 Å². The normalized spacial score (nSPS) is 16.3. The first kappa shape index (κ1) is 14.0. The van der Waals surface area contributed by atoms with Crippen molar-refractivity contribution >= 4 is 5.91 Å². The molecule has 1 aromatic heterocycles. The molecule has 0 atom stereocenters. The van der Waals surface area contributed by atoms with Gasteiger partial charge in [0.2, 0.25) is 0 Å². The average Bonchev–Trinajstić information content (AvgIpc) is 2.46. The second-order valence-corrected chi connectivity index (χ2v) is 5.09. The third-order valence-corrected chi connectivity index (χ3v) is 3.76. The molecular weight excluding hydrogens is 240 g/mol. The SMILES string of the molecule is CCN(CC1CCOCC1)C(=O)c1cnccc1C. The molecule has 2 rings (SSSR count). The quantitative estimate of drug-likeness (QED) is 0.836. The summed E-state index contributed by atoms with van der Waals surface area (Å²) in [5, 5.41) is 0. The first-order chi connectivity index (χ1) is 9.22. The molecule has 0 spiro atoms. The molecule has 0 bridgehead atoms. The Labute approximate surface area is 114 Å². The molecule has 1 aromatic rings. The molecule has 1 aliphatic rings. The maximum atomic E-state index is 12.5. The molecule has 104 valence electrons. The zero-order chi connectivity index (χ0) is 13.7. The summed E-state index contributed by atoms with van der Waals surface area (Å²) in [5.74, 6) is 0.661. The van der Waals surface area contributed by atoms with E-state index in [9.17, 15) is 4.79 Å². The monoisotopic (exact) mass is 262 g/mol. The van der Waals surface area contributed by atoms with Crippen molar-refractivity contribution in [1.29, 1.82) is 0 Å². The molecule has 1 aliphatic heterocycles. The lowest BCUT2D eigenvalue weighted by Gasteiger charge is -2.29. The molecule has 4 heteroatoms. The summed E-state index contributed by atoms with van der Waals surface area (Å²) >= 11 is 0. The van der Waals surface area contributed by atoms with Gasteiger partial charge in [-0.1, -0.05) is 0 Å². The number of hydrogen-bond donors (Lipinski definition) is 0. The predicted octanol–water partition coefficient (Wildman–Crippen LogP) is 2.28. The average molecular weight is 262 g/mol. The molecule has 2 heterocycles. The second-order valence-electron chi connectivity index (χ2n) is 5.09. The van der Waals surface area contributed by atoms with Crippen LogP contribution in [0.2, 0.25) is 0 Å². The summed E-state index contributed by atoms with van der Waals surface area (Å²) in [6.45, 7) is 7.20. The highest BCUT2D eigenvalue weighted by Crippen LogP contribution is 2.18. The van der Waals surface area contributed by atoms with Crippen LogP contribution in [-0.2, 0) is 4.74 Å². The molecule has 1 amide bonds. The molecule has 19 heavy (non-hydrogen) atoms. The van der Waals surface area contributed by atoms with E-state index in [4.69, 9.17) is 4.74 Å². The summed E-state index contributed by atoms with van der Waals surface area (Å²) in [5.41, 5.74) is 1.71. The van der Waals surface area contributed by atoms with E-state index in [1.807, 2.05) is 24.8 Å². The molecule has 4 nitrogen and oxygen atoms in total. The van der Waals surface area contributed by atoms with Crippen LogP contribution >= 0.6 is 0 Å². The standard InChI is InChI=1S/C15H22N2O2/c1-3-17(11-13-5-8-19-9-6-13)15(18)14-10-16-7-4-12(14)2/h4,7,10,13H,3,5-6,8-9,11H2,1-2H3. The maximum Gasteiger partial charge on any atom is 0.255 e. The van der Waals surface area contributed by atoms with Gasteiger partial charge in [0.1, 0.15) is 0 Å². The Morgan fingerprint density at radius 1 is 1.47 bits per heavy atom. The van der Waals surface area contributed by atoms with Gasteiger partial charge >= 0.3 is 0 Å². The molecule has 0 unspecified atom stereocenters. The van der Waals surface area contributed by atoms with E-state index in [0.29, 0.717) is 5.92 Å². The fourth-order valence-electron chi connectivity index (χ4n) is 2.45. The van der Waals surface area contributed by atoms with Crippen LogP contribution in [0.1, 0.15) is 35.7 Å². The number of carbonyl (C=O) groups is 1.